The number of nitrogens with one attached hydrogen (secondary N) is 1. The highest BCUT2D eigenvalue weighted by Crippen LogP contribution is 2.46. The lowest BCUT2D eigenvalue weighted by Gasteiger charge is -2.18. The smallest absolute Gasteiger partial charge is 0.152 e. The summed E-state index contributed by atoms with van der Waals surface area (Å²) in [5, 5.41) is 10.1. The SMILES string of the molecule is Cc1cc(Nc2ccc(-c3cnc(C4CCCCC4)s3)c(SC3CC3)c2)nn1C. The number of nitrogens with zero attached hydrogens (tertiary/aromatic N) is 3. The molecule has 1 aromatic carbocycles. The summed E-state index contributed by atoms with van der Waals surface area (Å²) in [5.41, 5.74) is 3.59. The third-order valence-electron chi connectivity index (χ3n) is 5.93. The van der Waals surface area contributed by atoms with Gasteiger partial charge in [-0.05, 0) is 44.7 Å². The Balaban J connectivity index is 1.42. The highest BCUT2D eigenvalue weighted by Gasteiger charge is 2.25. The molecule has 0 amide bonds. The standard InChI is InChI=1S/C23H28N4S2/c1-15-12-22(26-27(15)2)25-17-8-11-19(20(13-17)28-18-9-10-18)21-14-24-23(29-21)16-6-4-3-5-7-16/h8,11-14,16,18H,3-7,9-10H2,1-2H3,(H,25,26). The molecule has 0 aliphatic heterocycles. The summed E-state index contributed by atoms with van der Waals surface area (Å²) in [6.07, 6.45) is 11.5. The van der Waals surface area contributed by atoms with Crippen molar-refractivity contribution in [3.63, 3.8) is 0 Å². The van der Waals surface area contributed by atoms with Gasteiger partial charge < -0.3 is 5.32 Å². The van der Waals surface area contributed by atoms with Crippen LogP contribution >= 0.6 is 23.1 Å². The van der Waals surface area contributed by atoms with Gasteiger partial charge in [0.25, 0.3) is 0 Å². The first-order chi connectivity index (χ1) is 14.2. The monoisotopic (exact) mass is 424 g/mol. The molecule has 2 aromatic heterocycles. The molecule has 0 atom stereocenters. The van der Waals surface area contributed by atoms with Crippen LogP contribution in [0.3, 0.4) is 0 Å². The second-order valence-electron chi connectivity index (χ2n) is 8.35. The zero-order valence-corrected chi connectivity index (χ0v) is 18.8. The molecule has 0 bridgehead atoms. The molecule has 2 heterocycles. The Bertz CT molecular complexity index is 977. The molecule has 0 spiro atoms. The Morgan fingerprint density at radius 3 is 2.66 bits per heavy atom. The number of benzene rings is 1. The molecular weight excluding hydrogens is 396 g/mol. The lowest BCUT2D eigenvalue weighted by molar-refractivity contribution is 0.442. The second-order valence-corrected chi connectivity index (χ2v) is 10.7. The number of thiazole rings is 1. The van der Waals surface area contributed by atoms with Crippen LogP contribution in [0.15, 0.2) is 35.4 Å². The molecule has 29 heavy (non-hydrogen) atoms. The quantitative estimate of drug-likeness (QED) is 0.467. The third-order valence-corrected chi connectivity index (χ3v) is 8.52. The zero-order chi connectivity index (χ0) is 19.8. The molecule has 2 saturated carbocycles. The Morgan fingerprint density at radius 1 is 1.10 bits per heavy atom. The number of hydrogen-bond donors (Lipinski definition) is 1. The molecule has 5 rings (SSSR count). The van der Waals surface area contributed by atoms with E-state index in [0.29, 0.717) is 5.92 Å². The average molecular weight is 425 g/mol. The van der Waals surface area contributed by atoms with E-state index in [1.54, 1.807) is 0 Å². The molecular formula is C23H28N4S2. The Labute approximate surface area is 181 Å². The van der Waals surface area contributed by atoms with E-state index in [4.69, 9.17) is 4.98 Å². The molecule has 2 aliphatic carbocycles. The van der Waals surface area contributed by atoms with Gasteiger partial charge in [0.1, 0.15) is 0 Å². The summed E-state index contributed by atoms with van der Waals surface area (Å²) in [6.45, 7) is 2.07. The first-order valence-corrected chi connectivity index (χ1v) is 12.4. The summed E-state index contributed by atoms with van der Waals surface area (Å²) in [6, 6.07) is 8.82. The maximum absolute atomic E-state index is 4.84. The minimum atomic E-state index is 0.676. The topological polar surface area (TPSA) is 42.7 Å². The van der Waals surface area contributed by atoms with Crippen LogP contribution in [0.2, 0.25) is 0 Å². The Morgan fingerprint density at radius 2 is 1.93 bits per heavy atom. The minimum absolute atomic E-state index is 0.676. The van der Waals surface area contributed by atoms with Gasteiger partial charge in [-0.1, -0.05) is 25.3 Å². The van der Waals surface area contributed by atoms with Gasteiger partial charge in [0.15, 0.2) is 5.82 Å². The van der Waals surface area contributed by atoms with E-state index in [2.05, 4.69) is 47.8 Å². The van der Waals surface area contributed by atoms with Gasteiger partial charge in [0.2, 0.25) is 0 Å². The molecule has 2 fully saturated rings. The summed E-state index contributed by atoms with van der Waals surface area (Å²) in [5.74, 6) is 1.58. The van der Waals surface area contributed by atoms with Crippen LogP contribution in [0.25, 0.3) is 10.4 Å². The van der Waals surface area contributed by atoms with Crippen LogP contribution < -0.4 is 5.32 Å². The van der Waals surface area contributed by atoms with E-state index >= 15 is 0 Å². The number of aromatic nitrogens is 3. The first kappa shape index (κ1) is 19.2. The van der Waals surface area contributed by atoms with E-state index in [1.165, 1.54) is 65.3 Å². The van der Waals surface area contributed by atoms with Gasteiger partial charge in [-0.2, -0.15) is 5.10 Å². The van der Waals surface area contributed by atoms with Gasteiger partial charge in [-0.15, -0.1) is 23.1 Å². The number of rotatable bonds is 6. The van der Waals surface area contributed by atoms with E-state index in [-0.39, 0.29) is 0 Å². The van der Waals surface area contributed by atoms with Gasteiger partial charge in [-0.3, -0.25) is 4.68 Å². The lowest BCUT2D eigenvalue weighted by Crippen LogP contribution is -2.03. The Kier molecular flexibility index (Phi) is 5.39. The number of aryl methyl sites for hydroxylation is 2. The van der Waals surface area contributed by atoms with Crippen molar-refractivity contribution in [1.29, 1.82) is 0 Å². The molecule has 0 radical (unpaired) electrons. The van der Waals surface area contributed by atoms with Crippen LogP contribution in [0, 0.1) is 6.92 Å². The molecule has 1 N–H and O–H groups in total. The van der Waals surface area contributed by atoms with Crippen molar-refractivity contribution in [3.8, 4) is 10.4 Å². The van der Waals surface area contributed by atoms with E-state index in [1.807, 2.05) is 34.8 Å². The van der Waals surface area contributed by atoms with Crippen LogP contribution in [0.4, 0.5) is 11.5 Å². The highest BCUT2D eigenvalue weighted by molar-refractivity contribution is 8.00. The van der Waals surface area contributed by atoms with Crippen molar-refractivity contribution in [2.45, 2.75) is 67.9 Å². The predicted octanol–water partition coefficient (Wildman–Crippen LogP) is 6.90. The maximum Gasteiger partial charge on any atom is 0.152 e. The molecule has 4 nitrogen and oxygen atoms in total. The fourth-order valence-electron chi connectivity index (χ4n) is 3.99. The summed E-state index contributed by atoms with van der Waals surface area (Å²) in [7, 11) is 1.98. The van der Waals surface area contributed by atoms with Crippen molar-refractivity contribution in [2.75, 3.05) is 5.32 Å². The predicted molar refractivity (Wildman–Crippen MR) is 123 cm³/mol. The first-order valence-electron chi connectivity index (χ1n) is 10.7. The Hall–Kier alpha value is -1.79. The van der Waals surface area contributed by atoms with Crippen LogP contribution in [0.5, 0.6) is 0 Å². The average Bonchev–Trinajstić information content (AvgIpc) is 3.30. The lowest BCUT2D eigenvalue weighted by atomic mass is 9.90. The molecule has 2 aliphatic rings. The number of thioether (sulfide) groups is 1. The minimum Gasteiger partial charge on any atom is -0.339 e. The largest absolute Gasteiger partial charge is 0.339 e. The molecule has 3 aromatic rings. The van der Waals surface area contributed by atoms with Crippen LogP contribution in [0.1, 0.15) is 61.6 Å². The summed E-state index contributed by atoms with van der Waals surface area (Å²) in [4.78, 5) is 7.51. The van der Waals surface area contributed by atoms with Crippen molar-refractivity contribution in [3.05, 3.63) is 41.2 Å². The van der Waals surface area contributed by atoms with Gasteiger partial charge in [0, 0.05) is 52.3 Å². The van der Waals surface area contributed by atoms with Crippen LogP contribution in [-0.2, 0) is 7.05 Å². The van der Waals surface area contributed by atoms with Crippen molar-refractivity contribution in [2.24, 2.45) is 7.05 Å². The maximum atomic E-state index is 4.84. The van der Waals surface area contributed by atoms with Gasteiger partial charge >= 0.3 is 0 Å². The highest BCUT2D eigenvalue weighted by atomic mass is 32.2. The van der Waals surface area contributed by atoms with Gasteiger partial charge in [-0.25, -0.2) is 4.98 Å². The van der Waals surface area contributed by atoms with E-state index in [0.717, 1.165) is 22.4 Å². The molecule has 6 heteroatoms. The summed E-state index contributed by atoms with van der Waals surface area (Å²) >= 11 is 3.93. The fourth-order valence-corrected chi connectivity index (χ4v) is 6.41. The van der Waals surface area contributed by atoms with E-state index < -0.39 is 0 Å². The van der Waals surface area contributed by atoms with E-state index in [9.17, 15) is 0 Å². The van der Waals surface area contributed by atoms with Crippen molar-refractivity contribution in [1.82, 2.24) is 14.8 Å². The molecule has 0 saturated heterocycles. The molecule has 0 unspecified atom stereocenters. The third kappa shape index (κ3) is 4.38. The number of hydrogen-bond acceptors (Lipinski definition) is 5. The van der Waals surface area contributed by atoms with Gasteiger partial charge in [0.05, 0.1) is 9.88 Å². The summed E-state index contributed by atoms with van der Waals surface area (Å²) < 4.78 is 1.90. The normalized spacial score (nSPS) is 17.6. The second kappa shape index (κ2) is 8.15. The van der Waals surface area contributed by atoms with Crippen LogP contribution in [-0.4, -0.2) is 20.0 Å². The van der Waals surface area contributed by atoms with Crippen molar-refractivity contribution >= 4 is 34.6 Å². The zero-order valence-electron chi connectivity index (χ0n) is 17.1. The van der Waals surface area contributed by atoms with Crippen molar-refractivity contribution < 1.29 is 0 Å². The molecule has 152 valence electrons. The fraction of sp³-hybridized carbons (Fsp3) is 0.478. The number of anilines is 2.